The number of para-hydroxylation sites is 1. The lowest BCUT2D eigenvalue weighted by atomic mass is 10.0. The van der Waals surface area contributed by atoms with Crippen molar-refractivity contribution < 1.29 is 0 Å². The molecule has 2 aromatic heterocycles. The van der Waals surface area contributed by atoms with Crippen molar-refractivity contribution in [3.05, 3.63) is 59.9 Å². The minimum Gasteiger partial charge on any atom is -0.289 e. The van der Waals surface area contributed by atoms with Crippen LogP contribution in [0.4, 0.5) is 0 Å². The average Bonchev–Trinajstić information content (AvgIpc) is 3.30. The second-order valence-electron chi connectivity index (χ2n) is 6.95. The van der Waals surface area contributed by atoms with Gasteiger partial charge in [-0.15, -0.1) is 10.2 Å². The van der Waals surface area contributed by atoms with E-state index in [4.69, 9.17) is 0 Å². The highest BCUT2D eigenvalue weighted by Crippen LogP contribution is 2.32. The molecule has 0 N–H and O–H groups in total. The first-order valence-corrected chi connectivity index (χ1v) is 9.48. The molecule has 3 aromatic rings. The third-order valence-electron chi connectivity index (χ3n) is 5.40. The normalized spacial score (nSPS) is 18.3. The van der Waals surface area contributed by atoms with Crippen LogP contribution < -0.4 is 0 Å². The number of piperidine rings is 1. The molecule has 0 amide bonds. The maximum absolute atomic E-state index is 4.51. The summed E-state index contributed by atoms with van der Waals surface area (Å²) in [6.07, 6.45) is 7.43. The fraction of sp³-hybridized carbons (Fsp3) is 0.450. The highest BCUT2D eigenvalue weighted by molar-refractivity contribution is 5.32. The molecule has 1 fully saturated rings. The van der Waals surface area contributed by atoms with Crippen LogP contribution in [0.2, 0.25) is 0 Å². The molecule has 0 saturated carbocycles. The van der Waals surface area contributed by atoms with Gasteiger partial charge in [0.05, 0.1) is 12.2 Å². The Kier molecular flexibility index (Phi) is 4.84. The first kappa shape index (κ1) is 17.0. The minimum absolute atomic E-state index is 0.288. The largest absolute Gasteiger partial charge is 0.289 e. The lowest BCUT2D eigenvalue weighted by Crippen LogP contribution is -2.34. The molecule has 1 aromatic carbocycles. The molecule has 3 heterocycles. The summed E-state index contributed by atoms with van der Waals surface area (Å²) in [5.74, 6) is 1.04. The summed E-state index contributed by atoms with van der Waals surface area (Å²) in [5, 5.41) is 13.2. The van der Waals surface area contributed by atoms with Crippen molar-refractivity contribution in [3.63, 3.8) is 0 Å². The molecule has 0 radical (unpaired) electrons. The van der Waals surface area contributed by atoms with Gasteiger partial charge in [-0.1, -0.05) is 24.6 Å². The molecule has 26 heavy (non-hydrogen) atoms. The summed E-state index contributed by atoms with van der Waals surface area (Å²) in [6.45, 7) is 7.21. The van der Waals surface area contributed by atoms with E-state index in [1.807, 2.05) is 18.6 Å². The molecular weight excluding hydrogens is 324 g/mol. The van der Waals surface area contributed by atoms with Gasteiger partial charge in [-0.3, -0.25) is 14.1 Å². The predicted octanol–water partition coefficient (Wildman–Crippen LogP) is 3.52. The second-order valence-corrected chi connectivity index (χ2v) is 6.95. The van der Waals surface area contributed by atoms with Crippen LogP contribution in [0.3, 0.4) is 0 Å². The number of rotatable bonds is 5. The van der Waals surface area contributed by atoms with Crippen LogP contribution >= 0.6 is 0 Å². The summed E-state index contributed by atoms with van der Waals surface area (Å²) in [5.41, 5.74) is 3.69. The first-order valence-electron chi connectivity index (χ1n) is 9.48. The summed E-state index contributed by atoms with van der Waals surface area (Å²) < 4.78 is 4.20. The van der Waals surface area contributed by atoms with Crippen molar-refractivity contribution in [2.45, 2.75) is 52.2 Å². The van der Waals surface area contributed by atoms with E-state index >= 15 is 0 Å². The Morgan fingerprint density at radius 1 is 1.15 bits per heavy atom. The molecule has 0 aliphatic carbocycles. The van der Waals surface area contributed by atoms with Gasteiger partial charge in [-0.25, -0.2) is 0 Å². The summed E-state index contributed by atoms with van der Waals surface area (Å²) in [6, 6.07) is 10.6. The summed E-state index contributed by atoms with van der Waals surface area (Å²) in [7, 11) is 0. The minimum atomic E-state index is 0.288. The molecule has 0 unspecified atom stereocenters. The molecule has 6 heteroatoms. The van der Waals surface area contributed by atoms with Crippen molar-refractivity contribution in [1.29, 1.82) is 0 Å². The van der Waals surface area contributed by atoms with Crippen molar-refractivity contribution in [2.24, 2.45) is 0 Å². The van der Waals surface area contributed by atoms with Crippen LogP contribution in [0.15, 0.2) is 42.9 Å². The SMILES string of the molecule is CCn1ncc(CN2CCCC[C@@H]2c2nncn2-c2ccccc2)c1C. The predicted molar refractivity (Wildman–Crippen MR) is 101 cm³/mol. The number of hydrogen-bond donors (Lipinski definition) is 0. The fourth-order valence-corrected chi connectivity index (χ4v) is 3.91. The third kappa shape index (κ3) is 3.17. The number of hydrogen-bond acceptors (Lipinski definition) is 4. The highest BCUT2D eigenvalue weighted by Gasteiger charge is 2.29. The van der Waals surface area contributed by atoms with Crippen LogP contribution in [0.5, 0.6) is 0 Å². The standard InChI is InChI=1S/C20H26N6/c1-3-26-16(2)17(13-22-26)14-24-12-8-7-11-19(24)20-23-21-15-25(20)18-9-5-4-6-10-18/h4-6,9-10,13,15,19H,3,7-8,11-12,14H2,1-2H3/t19-/m1/s1. The van der Waals surface area contributed by atoms with Gasteiger partial charge >= 0.3 is 0 Å². The Labute approximate surface area is 154 Å². The van der Waals surface area contributed by atoms with Crippen LogP contribution in [-0.4, -0.2) is 36.0 Å². The Bertz CT molecular complexity index is 850. The van der Waals surface area contributed by atoms with E-state index in [0.717, 1.165) is 37.6 Å². The van der Waals surface area contributed by atoms with E-state index in [-0.39, 0.29) is 6.04 Å². The maximum Gasteiger partial charge on any atom is 0.154 e. The van der Waals surface area contributed by atoms with E-state index in [2.05, 4.69) is 67.6 Å². The first-order chi connectivity index (χ1) is 12.8. The molecule has 6 nitrogen and oxygen atoms in total. The molecule has 1 aliphatic heterocycles. The Morgan fingerprint density at radius 3 is 2.77 bits per heavy atom. The van der Waals surface area contributed by atoms with Gasteiger partial charge < -0.3 is 0 Å². The molecule has 0 bridgehead atoms. The number of likely N-dealkylation sites (tertiary alicyclic amines) is 1. The van der Waals surface area contributed by atoms with Gasteiger partial charge in [0.15, 0.2) is 5.82 Å². The van der Waals surface area contributed by atoms with E-state index in [1.165, 1.54) is 24.1 Å². The Hall–Kier alpha value is -2.47. The monoisotopic (exact) mass is 350 g/mol. The molecule has 1 aliphatic rings. The van der Waals surface area contributed by atoms with Gasteiger partial charge in [0.25, 0.3) is 0 Å². The zero-order chi connectivity index (χ0) is 17.9. The van der Waals surface area contributed by atoms with Crippen molar-refractivity contribution in [2.75, 3.05) is 6.54 Å². The van der Waals surface area contributed by atoms with E-state index in [1.54, 1.807) is 0 Å². The summed E-state index contributed by atoms with van der Waals surface area (Å²) in [4.78, 5) is 2.54. The van der Waals surface area contributed by atoms with Gasteiger partial charge in [0.1, 0.15) is 6.33 Å². The van der Waals surface area contributed by atoms with E-state index < -0.39 is 0 Å². The fourth-order valence-electron chi connectivity index (χ4n) is 3.91. The number of nitrogens with zero attached hydrogens (tertiary/aromatic N) is 6. The molecule has 1 atom stereocenters. The average molecular weight is 350 g/mol. The zero-order valence-corrected chi connectivity index (χ0v) is 15.5. The Balaban J connectivity index is 1.62. The number of aryl methyl sites for hydroxylation is 1. The molecule has 136 valence electrons. The Morgan fingerprint density at radius 2 is 2.00 bits per heavy atom. The quantitative estimate of drug-likeness (QED) is 0.706. The van der Waals surface area contributed by atoms with E-state index in [0.29, 0.717) is 0 Å². The molecule has 1 saturated heterocycles. The van der Waals surface area contributed by atoms with Crippen LogP contribution in [-0.2, 0) is 13.1 Å². The van der Waals surface area contributed by atoms with Crippen molar-refractivity contribution in [3.8, 4) is 5.69 Å². The molecule has 4 rings (SSSR count). The number of benzene rings is 1. The van der Waals surface area contributed by atoms with Crippen LogP contribution in [0, 0.1) is 6.92 Å². The van der Waals surface area contributed by atoms with Crippen molar-refractivity contribution >= 4 is 0 Å². The number of aromatic nitrogens is 5. The van der Waals surface area contributed by atoms with Gasteiger partial charge in [0.2, 0.25) is 0 Å². The van der Waals surface area contributed by atoms with Crippen LogP contribution in [0.25, 0.3) is 5.69 Å². The third-order valence-corrected chi connectivity index (χ3v) is 5.40. The maximum atomic E-state index is 4.51. The molecular formula is C20H26N6. The van der Waals surface area contributed by atoms with Crippen LogP contribution in [0.1, 0.15) is 49.3 Å². The molecule has 0 spiro atoms. The highest BCUT2D eigenvalue weighted by atomic mass is 15.3. The van der Waals surface area contributed by atoms with Crippen molar-refractivity contribution in [1.82, 2.24) is 29.4 Å². The van der Waals surface area contributed by atoms with E-state index in [9.17, 15) is 0 Å². The smallest absolute Gasteiger partial charge is 0.154 e. The summed E-state index contributed by atoms with van der Waals surface area (Å²) >= 11 is 0. The second kappa shape index (κ2) is 7.41. The van der Waals surface area contributed by atoms with Gasteiger partial charge in [-0.2, -0.15) is 5.10 Å². The lowest BCUT2D eigenvalue weighted by Gasteiger charge is -2.35. The van der Waals surface area contributed by atoms with Gasteiger partial charge in [-0.05, 0) is 45.4 Å². The van der Waals surface area contributed by atoms with Gasteiger partial charge in [0, 0.05) is 30.0 Å². The topological polar surface area (TPSA) is 51.8 Å². The zero-order valence-electron chi connectivity index (χ0n) is 15.5. The lowest BCUT2D eigenvalue weighted by molar-refractivity contribution is 0.132.